The molecular formula is C23H28INO6. The van der Waals surface area contributed by atoms with Crippen molar-refractivity contribution >= 4 is 5.78 Å². The van der Waals surface area contributed by atoms with Gasteiger partial charge in [0, 0.05) is 23.1 Å². The SMILES string of the molecule is COc1ccc(C(=O)CC2c3c(cc4c(c3CO)OCO4)CC[N+]2(C)C)cc1OC.[I-]. The van der Waals surface area contributed by atoms with Gasteiger partial charge in [0.2, 0.25) is 6.79 Å². The lowest BCUT2D eigenvalue weighted by Gasteiger charge is -2.43. The number of hydrogen-bond acceptors (Lipinski definition) is 6. The van der Waals surface area contributed by atoms with Crippen LogP contribution in [-0.2, 0) is 13.0 Å². The van der Waals surface area contributed by atoms with Gasteiger partial charge in [-0.05, 0) is 29.8 Å². The van der Waals surface area contributed by atoms with Crippen molar-refractivity contribution in [1.82, 2.24) is 0 Å². The van der Waals surface area contributed by atoms with Crippen molar-refractivity contribution in [3.05, 3.63) is 46.5 Å². The van der Waals surface area contributed by atoms with Crippen LogP contribution in [-0.4, -0.2) is 57.0 Å². The predicted octanol–water partition coefficient (Wildman–Crippen LogP) is -0.125. The number of halogens is 1. The van der Waals surface area contributed by atoms with Gasteiger partial charge in [0.15, 0.2) is 28.8 Å². The molecule has 2 aromatic carbocycles. The number of ketones is 1. The number of carbonyl (C=O) groups is 1. The molecule has 2 heterocycles. The first-order valence-electron chi connectivity index (χ1n) is 10.0. The number of rotatable bonds is 6. The van der Waals surface area contributed by atoms with E-state index in [4.69, 9.17) is 18.9 Å². The lowest BCUT2D eigenvalue weighted by atomic mass is 9.83. The summed E-state index contributed by atoms with van der Waals surface area (Å²) >= 11 is 0. The first-order valence-corrected chi connectivity index (χ1v) is 10.0. The molecule has 2 aliphatic rings. The number of fused-ring (bicyclic) bond motifs is 2. The molecule has 1 unspecified atom stereocenters. The van der Waals surface area contributed by atoms with Crippen molar-refractivity contribution in [3.63, 3.8) is 0 Å². The molecule has 0 saturated heterocycles. The second-order valence-electron chi connectivity index (χ2n) is 8.28. The van der Waals surface area contributed by atoms with Crippen LogP contribution in [0.25, 0.3) is 0 Å². The average molecular weight is 541 g/mol. The number of methoxy groups -OCH3 is 2. The molecule has 1 atom stereocenters. The van der Waals surface area contributed by atoms with Crippen LogP contribution in [0.15, 0.2) is 24.3 Å². The number of ether oxygens (including phenoxy) is 4. The molecule has 0 amide bonds. The van der Waals surface area contributed by atoms with E-state index < -0.39 is 0 Å². The molecule has 0 aliphatic carbocycles. The Labute approximate surface area is 199 Å². The van der Waals surface area contributed by atoms with Gasteiger partial charge in [-0.2, -0.15) is 0 Å². The lowest BCUT2D eigenvalue weighted by molar-refractivity contribution is -0.922. The lowest BCUT2D eigenvalue weighted by Crippen LogP contribution is -3.00. The molecule has 2 aromatic rings. The fourth-order valence-electron chi connectivity index (χ4n) is 4.53. The fraction of sp³-hybridized carbons (Fsp3) is 0.435. The number of carbonyl (C=O) groups excluding carboxylic acids is 1. The van der Waals surface area contributed by atoms with E-state index in [0.717, 1.165) is 29.7 Å². The maximum Gasteiger partial charge on any atom is 0.231 e. The summed E-state index contributed by atoms with van der Waals surface area (Å²) in [5, 5.41) is 10.2. The zero-order valence-corrected chi connectivity index (χ0v) is 20.4. The summed E-state index contributed by atoms with van der Waals surface area (Å²) in [5.41, 5.74) is 3.43. The molecule has 0 bridgehead atoms. The molecule has 0 fully saturated rings. The van der Waals surface area contributed by atoms with E-state index in [2.05, 4.69) is 14.1 Å². The zero-order chi connectivity index (χ0) is 21.5. The Hall–Kier alpha value is -2.04. The van der Waals surface area contributed by atoms with Crippen molar-refractivity contribution < 1.29 is 57.3 Å². The predicted molar refractivity (Wildman–Crippen MR) is 110 cm³/mol. The molecule has 0 radical (unpaired) electrons. The summed E-state index contributed by atoms with van der Waals surface area (Å²) in [6.07, 6.45) is 1.16. The van der Waals surface area contributed by atoms with Gasteiger partial charge < -0.3 is 52.5 Å². The van der Waals surface area contributed by atoms with Gasteiger partial charge in [-0.25, -0.2) is 0 Å². The highest BCUT2D eigenvalue weighted by molar-refractivity contribution is 5.97. The number of quaternary nitrogens is 1. The number of aliphatic hydroxyl groups excluding tert-OH is 1. The molecule has 0 spiro atoms. The second-order valence-corrected chi connectivity index (χ2v) is 8.28. The highest BCUT2D eigenvalue weighted by atomic mass is 127. The van der Waals surface area contributed by atoms with Crippen LogP contribution in [0.5, 0.6) is 23.0 Å². The molecule has 7 nitrogen and oxygen atoms in total. The van der Waals surface area contributed by atoms with Gasteiger partial charge >= 0.3 is 0 Å². The largest absolute Gasteiger partial charge is 1.00 e. The van der Waals surface area contributed by atoms with Crippen LogP contribution < -0.4 is 42.9 Å². The van der Waals surface area contributed by atoms with E-state index in [1.165, 1.54) is 0 Å². The van der Waals surface area contributed by atoms with Gasteiger partial charge in [-0.15, -0.1) is 0 Å². The Bertz CT molecular complexity index is 991. The quantitative estimate of drug-likeness (QED) is 0.313. The van der Waals surface area contributed by atoms with Crippen molar-refractivity contribution in [1.29, 1.82) is 0 Å². The monoisotopic (exact) mass is 541 g/mol. The summed E-state index contributed by atoms with van der Waals surface area (Å²) in [7, 11) is 7.38. The van der Waals surface area contributed by atoms with Crippen LogP contribution >= 0.6 is 0 Å². The number of hydrogen-bond donors (Lipinski definition) is 1. The number of benzene rings is 2. The number of nitrogens with zero attached hydrogens (tertiary/aromatic N) is 1. The Morgan fingerprint density at radius 1 is 1.16 bits per heavy atom. The van der Waals surface area contributed by atoms with Gasteiger partial charge in [-0.3, -0.25) is 4.79 Å². The Morgan fingerprint density at radius 3 is 2.58 bits per heavy atom. The smallest absolute Gasteiger partial charge is 0.231 e. The Balaban J connectivity index is 0.00000272. The summed E-state index contributed by atoms with van der Waals surface area (Å²) in [4.78, 5) is 13.3. The third-order valence-corrected chi connectivity index (χ3v) is 6.27. The molecule has 1 N–H and O–H groups in total. The van der Waals surface area contributed by atoms with Gasteiger partial charge in [0.05, 0.1) is 47.9 Å². The molecule has 8 heteroatoms. The summed E-state index contributed by atoms with van der Waals surface area (Å²) < 4.78 is 22.5. The third kappa shape index (κ3) is 4.20. The van der Waals surface area contributed by atoms with Crippen molar-refractivity contribution in [2.45, 2.75) is 25.5 Å². The minimum Gasteiger partial charge on any atom is -1.00 e. The van der Waals surface area contributed by atoms with Crippen LogP contribution in [0, 0.1) is 0 Å². The van der Waals surface area contributed by atoms with E-state index in [1.54, 1.807) is 32.4 Å². The molecule has 0 saturated carbocycles. The Kier molecular flexibility index (Phi) is 7.02. The summed E-state index contributed by atoms with van der Waals surface area (Å²) in [6.45, 7) is 0.885. The molecule has 31 heavy (non-hydrogen) atoms. The second kappa shape index (κ2) is 9.22. The highest BCUT2D eigenvalue weighted by Crippen LogP contribution is 2.47. The van der Waals surface area contributed by atoms with Gasteiger partial charge in [0.1, 0.15) is 6.04 Å². The van der Waals surface area contributed by atoms with Crippen molar-refractivity contribution in [3.8, 4) is 23.0 Å². The van der Waals surface area contributed by atoms with Crippen molar-refractivity contribution in [2.75, 3.05) is 41.7 Å². The third-order valence-electron chi connectivity index (χ3n) is 6.27. The maximum atomic E-state index is 13.3. The van der Waals surface area contributed by atoms with Crippen LogP contribution in [0.1, 0.15) is 39.5 Å². The van der Waals surface area contributed by atoms with Crippen LogP contribution in [0.4, 0.5) is 0 Å². The number of likely N-dealkylation sites (N-methyl/N-ethyl adjacent to an activating group) is 1. The summed E-state index contributed by atoms with van der Waals surface area (Å²) in [5.74, 6) is 2.40. The van der Waals surface area contributed by atoms with Gasteiger partial charge in [0.25, 0.3) is 0 Å². The fourth-order valence-corrected chi connectivity index (χ4v) is 4.53. The maximum absolute atomic E-state index is 13.3. The van der Waals surface area contributed by atoms with Crippen LogP contribution in [0.2, 0.25) is 0 Å². The summed E-state index contributed by atoms with van der Waals surface area (Å²) in [6, 6.07) is 7.13. The minimum absolute atomic E-state index is 0. The molecule has 0 aromatic heterocycles. The van der Waals surface area contributed by atoms with E-state index in [-0.39, 0.29) is 49.2 Å². The van der Waals surface area contributed by atoms with Crippen molar-refractivity contribution in [2.24, 2.45) is 0 Å². The van der Waals surface area contributed by atoms with E-state index >= 15 is 0 Å². The molecule has 2 aliphatic heterocycles. The number of Topliss-reactive ketones (excluding diaryl/α,β-unsaturated/α-hetero) is 1. The topological polar surface area (TPSA) is 74.2 Å². The van der Waals surface area contributed by atoms with E-state index in [0.29, 0.717) is 39.5 Å². The Morgan fingerprint density at radius 2 is 1.90 bits per heavy atom. The van der Waals surface area contributed by atoms with Crippen LogP contribution in [0.3, 0.4) is 0 Å². The van der Waals surface area contributed by atoms with E-state index in [9.17, 15) is 9.90 Å². The normalized spacial score (nSPS) is 18.0. The standard InChI is InChI=1S/C23H28NO6.HI/c1-24(2)8-7-15-10-21-23(30-13-29-21)16(12-25)22(15)17(24)11-18(26)14-5-6-19(27-3)20(9-14)28-4;/h5-6,9-10,17,25H,7-8,11-13H2,1-4H3;1H/q+1;/p-1. The molecule has 168 valence electrons. The number of aliphatic hydroxyl groups is 1. The minimum atomic E-state index is -0.157. The first kappa shape index (κ1) is 23.6. The highest BCUT2D eigenvalue weighted by Gasteiger charge is 2.41. The average Bonchev–Trinajstić information content (AvgIpc) is 3.21. The van der Waals surface area contributed by atoms with Gasteiger partial charge in [-0.1, -0.05) is 0 Å². The molecular weight excluding hydrogens is 513 g/mol. The first-order chi connectivity index (χ1) is 14.4. The molecule has 4 rings (SSSR count). The zero-order valence-electron chi connectivity index (χ0n) is 18.2. The van der Waals surface area contributed by atoms with E-state index in [1.807, 2.05) is 6.07 Å².